The molecule has 0 spiro atoms. The minimum absolute atomic E-state index is 0.0749. The standard InChI is InChI=1S/C12H9ClFN3O4S/c1-16(9-3-5-12(15-7-9)17(18)19)22(20,21)11-6-8(14)2-4-10(11)13/h2-7H,1H3. The summed E-state index contributed by atoms with van der Waals surface area (Å²) in [5, 5.41) is 10.4. The quantitative estimate of drug-likeness (QED) is 0.627. The summed E-state index contributed by atoms with van der Waals surface area (Å²) in [6, 6.07) is 5.25. The van der Waals surface area contributed by atoms with Crippen LogP contribution in [-0.4, -0.2) is 25.4 Å². The van der Waals surface area contributed by atoms with Crippen molar-refractivity contribution < 1.29 is 17.7 Å². The van der Waals surface area contributed by atoms with Crippen LogP contribution in [0, 0.1) is 15.9 Å². The zero-order valence-corrected chi connectivity index (χ0v) is 12.7. The van der Waals surface area contributed by atoms with Gasteiger partial charge in [-0.2, -0.15) is 0 Å². The van der Waals surface area contributed by atoms with Crippen LogP contribution < -0.4 is 4.31 Å². The first-order chi connectivity index (χ1) is 10.2. The molecule has 0 aliphatic rings. The van der Waals surface area contributed by atoms with Gasteiger partial charge in [0.1, 0.15) is 10.7 Å². The van der Waals surface area contributed by atoms with Gasteiger partial charge in [-0.05, 0) is 34.2 Å². The molecule has 2 aromatic rings. The summed E-state index contributed by atoms with van der Waals surface area (Å²) in [4.78, 5) is 13.0. The van der Waals surface area contributed by atoms with Crippen LogP contribution in [0.5, 0.6) is 0 Å². The van der Waals surface area contributed by atoms with Crippen LogP contribution in [0.4, 0.5) is 15.9 Å². The number of rotatable bonds is 4. The summed E-state index contributed by atoms with van der Waals surface area (Å²) in [6.45, 7) is 0. The number of nitro groups is 1. The highest BCUT2D eigenvalue weighted by atomic mass is 35.5. The number of aromatic nitrogens is 1. The molecule has 0 saturated heterocycles. The monoisotopic (exact) mass is 345 g/mol. The largest absolute Gasteiger partial charge is 0.363 e. The number of halogens is 2. The van der Waals surface area contributed by atoms with Crippen LogP contribution in [0.1, 0.15) is 0 Å². The van der Waals surface area contributed by atoms with Crippen molar-refractivity contribution in [2.45, 2.75) is 4.90 Å². The molecule has 10 heteroatoms. The fourth-order valence-electron chi connectivity index (χ4n) is 1.63. The van der Waals surface area contributed by atoms with Gasteiger partial charge >= 0.3 is 5.82 Å². The number of sulfonamides is 1. The fraction of sp³-hybridized carbons (Fsp3) is 0.0833. The predicted molar refractivity (Wildman–Crippen MR) is 77.9 cm³/mol. The Balaban J connectivity index is 2.44. The molecule has 1 aromatic heterocycles. The third kappa shape index (κ3) is 3.00. The fourth-order valence-corrected chi connectivity index (χ4v) is 3.30. The molecule has 2 rings (SSSR count). The van der Waals surface area contributed by atoms with E-state index in [0.29, 0.717) is 0 Å². The lowest BCUT2D eigenvalue weighted by Gasteiger charge is -2.18. The van der Waals surface area contributed by atoms with E-state index in [0.717, 1.165) is 34.8 Å². The molecule has 0 amide bonds. The molecule has 0 bridgehead atoms. The molecule has 0 aliphatic carbocycles. The van der Waals surface area contributed by atoms with Crippen molar-refractivity contribution >= 4 is 33.1 Å². The Hall–Kier alpha value is -2.26. The Labute approximate surface area is 130 Å². The van der Waals surface area contributed by atoms with Gasteiger partial charge in [0.15, 0.2) is 6.20 Å². The SMILES string of the molecule is CN(c1ccc([N+](=O)[O-])nc1)S(=O)(=O)c1cc(F)ccc1Cl. The normalized spacial score (nSPS) is 11.2. The summed E-state index contributed by atoms with van der Waals surface area (Å²) in [6.07, 6.45) is 1.03. The van der Waals surface area contributed by atoms with Crippen LogP contribution in [0.3, 0.4) is 0 Å². The van der Waals surface area contributed by atoms with E-state index in [1.165, 1.54) is 13.1 Å². The van der Waals surface area contributed by atoms with Gasteiger partial charge in [-0.15, -0.1) is 0 Å². The first-order valence-corrected chi connectivity index (χ1v) is 7.59. The van der Waals surface area contributed by atoms with Crippen molar-refractivity contribution in [1.29, 1.82) is 0 Å². The summed E-state index contributed by atoms with van der Waals surface area (Å²) in [5.41, 5.74) is 0.0749. The molecule has 0 N–H and O–H groups in total. The first-order valence-electron chi connectivity index (χ1n) is 5.78. The topological polar surface area (TPSA) is 93.4 Å². The zero-order chi connectivity index (χ0) is 16.5. The second kappa shape index (κ2) is 5.85. The number of anilines is 1. The van der Waals surface area contributed by atoms with Crippen LogP contribution in [0.2, 0.25) is 5.02 Å². The first kappa shape index (κ1) is 16.1. The average Bonchev–Trinajstić information content (AvgIpc) is 2.48. The van der Waals surface area contributed by atoms with Crippen molar-refractivity contribution in [3.05, 3.63) is 57.5 Å². The lowest BCUT2D eigenvalue weighted by Crippen LogP contribution is -2.27. The number of hydrogen-bond acceptors (Lipinski definition) is 5. The molecule has 7 nitrogen and oxygen atoms in total. The third-order valence-corrected chi connectivity index (χ3v) is 5.08. The van der Waals surface area contributed by atoms with E-state index in [4.69, 9.17) is 11.6 Å². The summed E-state index contributed by atoms with van der Waals surface area (Å²) in [7, 11) is -2.92. The van der Waals surface area contributed by atoms with E-state index in [2.05, 4.69) is 4.98 Å². The van der Waals surface area contributed by atoms with Crippen molar-refractivity contribution in [2.24, 2.45) is 0 Å². The lowest BCUT2D eigenvalue weighted by atomic mass is 10.3. The van der Waals surface area contributed by atoms with E-state index in [-0.39, 0.29) is 10.7 Å². The maximum Gasteiger partial charge on any atom is 0.363 e. The number of pyridine rings is 1. The third-order valence-electron chi connectivity index (χ3n) is 2.81. The zero-order valence-electron chi connectivity index (χ0n) is 11.1. The predicted octanol–water partition coefficient (Wildman–Crippen LogP) is 2.61. The minimum atomic E-state index is -4.13. The maximum atomic E-state index is 13.3. The molecule has 0 fully saturated rings. The van der Waals surface area contributed by atoms with Gasteiger partial charge in [-0.25, -0.2) is 12.8 Å². The molecule has 1 aromatic carbocycles. The number of benzene rings is 1. The smallest absolute Gasteiger partial charge is 0.358 e. The van der Waals surface area contributed by atoms with Crippen molar-refractivity contribution in [3.63, 3.8) is 0 Å². The van der Waals surface area contributed by atoms with E-state index in [9.17, 15) is 22.9 Å². The van der Waals surface area contributed by atoms with Crippen molar-refractivity contribution in [3.8, 4) is 0 Å². The molecular formula is C12H9ClFN3O4S. The van der Waals surface area contributed by atoms with Gasteiger partial charge in [0.25, 0.3) is 10.0 Å². The molecular weight excluding hydrogens is 337 g/mol. The second-order valence-electron chi connectivity index (χ2n) is 4.18. The Kier molecular flexibility index (Phi) is 4.29. The number of hydrogen-bond donors (Lipinski definition) is 0. The van der Waals surface area contributed by atoms with Crippen molar-refractivity contribution in [2.75, 3.05) is 11.4 Å². The molecule has 0 saturated carbocycles. The summed E-state index contributed by atoms with van der Waals surface area (Å²) in [5.74, 6) is -1.17. The molecule has 0 aliphatic heterocycles. The Morgan fingerprint density at radius 1 is 1.32 bits per heavy atom. The summed E-state index contributed by atoms with van der Waals surface area (Å²) >= 11 is 5.80. The van der Waals surface area contributed by atoms with Crippen LogP contribution in [-0.2, 0) is 10.0 Å². The molecule has 116 valence electrons. The van der Waals surface area contributed by atoms with E-state index in [1.54, 1.807) is 0 Å². The van der Waals surface area contributed by atoms with Gasteiger partial charge in [0.2, 0.25) is 0 Å². The van der Waals surface area contributed by atoms with Gasteiger partial charge in [-0.3, -0.25) is 4.31 Å². The molecule has 22 heavy (non-hydrogen) atoms. The maximum absolute atomic E-state index is 13.3. The highest BCUT2D eigenvalue weighted by Crippen LogP contribution is 2.28. The Morgan fingerprint density at radius 3 is 2.55 bits per heavy atom. The van der Waals surface area contributed by atoms with Gasteiger partial charge < -0.3 is 10.1 Å². The molecule has 0 radical (unpaired) electrons. The van der Waals surface area contributed by atoms with Crippen molar-refractivity contribution in [1.82, 2.24) is 4.98 Å². The van der Waals surface area contributed by atoms with E-state index < -0.39 is 31.5 Å². The highest BCUT2D eigenvalue weighted by Gasteiger charge is 2.26. The second-order valence-corrected chi connectivity index (χ2v) is 6.52. The van der Waals surface area contributed by atoms with Crippen LogP contribution in [0.15, 0.2) is 41.4 Å². The molecule has 0 unspecified atom stereocenters. The molecule has 1 heterocycles. The van der Waals surface area contributed by atoms with Crippen LogP contribution >= 0.6 is 11.6 Å². The average molecular weight is 346 g/mol. The Morgan fingerprint density at radius 2 is 2.00 bits per heavy atom. The van der Waals surface area contributed by atoms with E-state index >= 15 is 0 Å². The van der Waals surface area contributed by atoms with Gasteiger partial charge in [0.05, 0.1) is 10.7 Å². The highest BCUT2D eigenvalue weighted by molar-refractivity contribution is 7.93. The minimum Gasteiger partial charge on any atom is -0.358 e. The van der Waals surface area contributed by atoms with Gasteiger partial charge in [0, 0.05) is 13.1 Å². The summed E-state index contributed by atoms with van der Waals surface area (Å²) < 4.78 is 38.9. The van der Waals surface area contributed by atoms with Gasteiger partial charge in [-0.1, -0.05) is 11.6 Å². The molecule has 0 atom stereocenters. The van der Waals surface area contributed by atoms with E-state index in [1.807, 2.05) is 0 Å². The lowest BCUT2D eigenvalue weighted by molar-refractivity contribution is -0.389. The van der Waals surface area contributed by atoms with Crippen LogP contribution in [0.25, 0.3) is 0 Å². The number of nitrogens with zero attached hydrogens (tertiary/aromatic N) is 3. The Bertz CT molecular complexity index is 827.